The summed E-state index contributed by atoms with van der Waals surface area (Å²) in [5.41, 5.74) is 1.37. The average molecular weight is 388 g/mol. The first-order valence-electron chi connectivity index (χ1n) is 8.28. The normalized spacial score (nSPS) is 10.9. The Balaban J connectivity index is 2.15. The molecule has 0 bridgehead atoms. The van der Waals surface area contributed by atoms with Crippen molar-refractivity contribution < 1.29 is 19.7 Å². The number of methoxy groups -OCH3 is 1. The molecule has 0 saturated heterocycles. The zero-order chi connectivity index (χ0) is 19.6. The van der Waals surface area contributed by atoms with Crippen LogP contribution in [-0.2, 0) is 13.0 Å². The van der Waals surface area contributed by atoms with Crippen LogP contribution in [0.2, 0.25) is 5.02 Å². The number of carbonyl (C=O) groups is 1. The number of aliphatic hydroxyl groups excluding tert-OH is 1. The summed E-state index contributed by atoms with van der Waals surface area (Å²) in [4.78, 5) is 24.0. The third-order valence-corrected chi connectivity index (χ3v) is 4.66. The summed E-state index contributed by atoms with van der Waals surface area (Å²) in [5.74, 6) is -0.730. The molecular weight excluding hydrogens is 370 g/mol. The van der Waals surface area contributed by atoms with Crippen LogP contribution in [0.3, 0.4) is 0 Å². The van der Waals surface area contributed by atoms with E-state index in [2.05, 4.69) is 0 Å². The van der Waals surface area contributed by atoms with Gasteiger partial charge in [0.25, 0.3) is 0 Å². The number of benzene rings is 2. The Bertz CT molecular complexity index is 1070. The van der Waals surface area contributed by atoms with Gasteiger partial charge in [-0.2, -0.15) is 0 Å². The molecule has 0 unspecified atom stereocenters. The Labute approximate surface area is 160 Å². The first-order chi connectivity index (χ1) is 13.0. The summed E-state index contributed by atoms with van der Waals surface area (Å²) in [5, 5.41) is 19.3. The summed E-state index contributed by atoms with van der Waals surface area (Å²) >= 11 is 6.16. The van der Waals surface area contributed by atoms with E-state index < -0.39 is 11.4 Å². The Morgan fingerprint density at radius 2 is 2.04 bits per heavy atom. The predicted octanol–water partition coefficient (Wildman–Crippen LogP) is 2.94. The minimum atomic E-state index is -1.30. The first-order valence-corrected chi connectivity index (χ1v) is 8.65. The molecule has 0 saturated carbocycles. The number of pyridine rings is 1. The topological polar surface area (TPSA) is 88.8 Å². The van der Waals surface area contributed by atoms with Crippen molar-refractivity contribution in [3.05, 3.63) is 74.5 Å². The highest BCUT2D eigenvalue weighted by Crippen LogP contribution is 2.30. The zero-order valence-electron chi connectivity index (χ0n) is 14.6. The van der Waals surface area contributed by atoms with Gasteiger partial charge in [0.1, 0.15) is 11.3 Å². The molecule has 2 aromatic carbocycles. The van der Waals surface area contributed by atoms with Crippen LogP contribution in [0.25, 0.3) is 10.9 Å². The highest BCUT2D eigenvalue weighted by atomic mass is 35.5. The number of carboxylic acids is 1. The van der Waals surface area contributed by atoms with Crippen LogP contribution in [0.1, 0.15) is 21.5 Å². The molecule has 27 heavy (non-hydrogen) atoms. The predicted molar refractivity (Wildman–Crippen MR) is 103 cm³/mol. The van der Waals surface area contributed by atoms with E-state index in [0.29, 0.717) is 28.1 Å². The maximum atomic E-state index is 12.6. The van der Waals surface area contributed by atoms with Gasteiger partial charge in [-0.25, -0.2) is 4.79 Å². The molecule has 2 N–H and O–H groups in total. The number of carboxylic acid groups (broad SMARTS) is 1. The van der Waals surface area contributed by atoms with Crippen molar-refractivity contribution in [3.8, 4) is 5.75 Å². The van der Waals surface area contributed by atoms with Crippen LogP contribution in [0.5, 0.6) is 5.75 Å². The van der Waals surface area contributed by atoms with Crippen LogP contribution < -0.4 is 10.2 Å². The van der Waals surface area contributed by atoms with Crippen molar-refractivity contribution in [1.82, 2.24) is 4.57 Å². The minimum absolute atomic E-state index is 0.168. The van der Waals surface area contributed by atoms with Gasteiger partial charge in [-0.3, -0.25) is 4.79 Å². The lowest BCUT2D eigenvalue weighted by atomic mass is 10.0. The SMILES string of the molecule is COc1c(Cl)cccc1Cc1ccc2c(c1)c(=O)c(C(=O)O)cn2CCO. The van der Waals surface area contributed by atoms with Gasteiger partial charge in [0.05, 0.1) is 24.3 Å². The van der Waals surface area contributed by atoms with Crippen LogP contribution in [-0.4, -0.2) is 34.5 Å². The van der Waals surface area contributed by atoms with Crippen molar-refractivity contribution in [1.29, 1.82) is 0 Å². The van der Waals surface area contributed by atoms with Crippen molar-refractivity contribution in [2.75, 3.05) is 13.7 Å². The molecule has 1 heterocycles. The minimum Gasteiger partial charge on any atom is -0.495 e. The van der Waals surface area contributed by atoms with Crippen molar-refractivity contribution in [2.45, 2.75) is 13.0 Å². The number of hydrogen-bond donors (Lipinski definition) is 2. The van der Waals surface area contributed by atoms with Gasteiger partial charge in [0, 0.05) is 30.1 Å². The van der Waals surface area contributed by atoms with E-state index in [-0.39, 0.29) is 18.7 Å². The third kappa shape index (κ3) is 3.67. The van der Waals surface area contributed by atoms with Crippen LogP contribution >= 0.6 is 11.6 Å². The number of fused-ring (bicyclic) bond motifs is 1. The van der Waals surface area contributed by atoms with E-state index in [9.17, 15) is 19.8 Å². The lowest BCUT2D eigenvalue weighted by Gasteiger charge is -2.13. The third-order valence-electron chi connectivity index (χ3n) is 4.36. The van der Waals surface area contributed by atoms with Gasteiger partial charge in [-0.15, -0.1) is 0 Å². The Kier molecular flexibility index (Phi) is 5.48. The maximum absolute atomic E-state index is 12.6. The van der Waals surface area contributed by atoms with E-state index in [4.69, 9.17) is 16.3 Å². The average Bonchev–Trinajstić information content (AvgIpc) is 2.64. The molecule has 0 spiro atoms. The molecule has 0 radical (unpaired) electrons. The van der Waals surface area contributed by atoms with Crippen LogP contribution in [0, 0.1) is 0 Å². The molecule has 3 aromatic rings. The smallest absolute Gasteiger partial charge is 0.341 e. The van der Waals surface area contributed by atoms with Gasteiger partial charge in [0.15, 0.2) is 0 Å². The van der Waals surface area contributed by atoms with Crippen molar-refractivity contribution in [3.63, 3.8) is 0 Å². The fraction of sp³-hybridized carbons (Fsp3) is 0.200. The molecule has 0 aliphatic heterocycles. The number of nitrogens with zero attached hydrogens (tertiary/aromatic N) is 1. The number of ether oxygens (including phenoxy) is 1. The van der Waals surface area contributed by atoms with E-state index >= 15 is 0 Å². The lowest BCUT2D eigenvalue weighted by Crippen LogP contribution is -2.19. The molecule has 6 nitrogen and oxygen atoms in total. The zero-order valence-corrected chi connectivity index (χ0v) is 15.4. The van der Waals surface area contributed by atoms with Gasteiger partial charge in [-0.05, 0) is 23.8 Å². The second-order valence-electron chi connectivity index (χ2n) is 6.05. The molecule has 3 rings (SSSR count). The molecule has 140 valence electrons. The maximum Gasteiger partial charge on any atom is 0.341 e. The van der Waals surface area contributed by atoms with E-state index in [1.807, 2.05) is 18.2 Å². The van der Waals surface area contributed by atoms with E-state index in [1.54, 1.807) is 22.8 Å². The fourth-order valence-electron chi connectivity index (χ4n) is 3.14. The van der Waals surface area contributed by atoms with Gasteiger partial charge in [-0.1, -0.05) is 29.8 Å². The molecule has 1 aromatic heterocycles. The van der Waals surface area contributed by atoms with Gasteiger partial charge in [0.2, 0.25) is 5.43 Å². The molecule has 0 aliphatic carbocycles. The summed E-state index contributed by atoms with van der Waals surface area (Å²) in [6.07, 6.45) is 1.74. The number of aromatic carboxylic acids is 1. The highest BCUT2D eigenvalue weighted by molar-refractivity contribution is 6.32. The van der Waals surface area contributed by atoms with Crippen molar-refractivity contribution >= 4 is 28.5 Å². The number of hydrogen-bond acceptors (Lipinski definition) is 4. The standard InChI is InChI=1S/C20H18ClNO5/c1-27-19-13(3-2-4-16(19)21)9-12-5-6-17-14(10-12)18(24)15(20(25)26)11-22(17)7-8-23/h2-6,10-11,23H,7-9H2,1H3,(H,25,26). The van der Waals surface area contributed by atoms with Gasteiger partial charge >= 0.3 is 5.97 Å². The van der Waals surface area contributed by atoms with Crippen LogP contribution in [0.15, 0.2) is 47.4 Å². The molecule has 0 fully saturated rings. The highest BCUT2D eigenvalue weighted by Gasteiger charge is 2.15. The molecule has 0 atom stereocenters. The molecule has 7 heteroatoms. The molecular formula is C20H18ClNO5. The van der Waals surface area contributed by atoms with E-state index in [1.165, 1.54) is 13.3 Å². The second-order valence-corrected chi connectivity index (χ2v) is 6.46. The van der Waals surface area contributed by atoms with E-state index in [0.717, 1.165) is 11.1 Å². The van der Waals surface area contributed by atoms with Crippen LogP contribution in [0.4, 0.5) is 0 Å². The largest absolute Gasteiger partial charge is 0.495 e. The monoisotopic (exact) mass is 387 g/mol. The molecule has 0 amide bonds. The molecule has 0 aliphatic rings. The Morgan fingerprint density at radius 1 is 1.26 bits per heavy atom. The number of aromatic nitrogens is 1. The summed E-state index contributed by atoms with van der Waals surface area (Å²) in [6, 6.07) is 10.7. The van der Waals surface area contributed by atoms with Crippen molar-refractivity contribution in [2.24, 2.45) is 0 Å². The lowest BCUT2D eigenvalue weighted by molar-refractivity contribution is 0.0694. The van der Waals surface area contributed by atoms with Gasteiger partial charge < -0.3 is 19.5 Å². The quantitative estimate of drug-likeness (QED) is 0.678. The summed E-state index contributed by atoms with van der Waals surface area (Å²) < 4.78 is 6.93. The summed E-state index contributed by atoms with van der Waals surface area (Å²) in [6.45, 7) is 0.0248. The Morgan fingerprint density at radius 3 is 2.70 bits per heavy atom. The second kappa shape index (κ2) is 7.82. The summed E-state index contributed by atoms with van der Waals surface area (Å²) in [7, 11) is 1.54. The first kappa shape index (κ1) is 18.9. The Hall–Kier alpha value is -2.83. The number of rotatable bonds is 6. The number of halogens is 1. The number of para-hydroxylation sites is 1. The fourth-order valence-corrected chi connectivity index (χ4v) is 3.41. The number of aliphatic hydroxyl groups is 1.